The van der Waals surface area contributed by atoms with Crippen LogP contribution in [-0.4, -0.2) is 174 Å². The molecular formula is C61H93FN12O15. The molecule has 15 N–H and O–H groups in total. The summed E-state index contributed by atoms with van der Waals surface area (Å²) in [6.07, 6.45) is -0.962. The Kier molecular flexibility index (Phi) is 31.3. The molecule has 494 valence electrons. The molecule has 1 heterocycles. The third-order valence-corrected chi connectivity index (χ3v) is 16.1. The SMILES string of the molecule is CC[C@@H](C)[C@@H](NC(=O)[C@@H](CCC(N)=O)NC(=O)[C@H](CO)NC(=O)[C@@H](NC(=O)[C@@H](Cc1ccccc1)NC)[C@@H](C)CC)C(=O)N[C@H](C(=O)N[C@@H](CO)C(=O)N[C@H]1C(=O)N[C@@H](C)C(=O)N[C@@H](Cc2ccc(F)cc2)C(=O)N[C@@H]([C@@H](C)CC)C(=O)O[C@H]1C)[C@@H](C)CC. The Morgan fingerprint density at radius 1 is 0.573 bits per heavy atom. The van der Waals surface area contributed by atoms with Crippen LogP contribution in [0.15, 0.2) is 54.6 Å². The maximum absolute atomic E-state index is 14.4. The quantitative estimate of drug-likeness (QED) is 0.0369. The van der Waals surface area contributed by atoms with E-state index in [0.29, 0.717) is 24.8 Å². The number of aliphatic hydroxyl groups excluding tert-OH is 2. The zero-order chi connectivity index (χ0) is 66.8. The summed E-state index contributed by atoms with van der Waals surface area (Å²) in [6.45, 7) is 14.0. The van der Waals surface area contributed by atoms with E-state index in [-0.39, 0.29) is 19.3 Å². The molecule has 28 heteroatoms. The summed E-state index contributed by atoms with van der Waals surface area (Å²) in [6, 6.07) is -1.46. The summed E-state index contributed by atoms with van der Waals surface area (Å²) in [5.74, 6) is -14.0. The maximum Gasteiger partial charge on any atom is 0.329 e. The largest absolute Gasteiger partial charge is 0.458 e. The number of nitrogens with two attached hydrogens (primary N) is 1. The average molecular weight is 1250 g/mol. The van der Waals surface area contributed by atoms with Gasteiger partial charge in [-0.3, -0.25) is 52.7 Å². The lowest BCUT2D eigenvalue weighted by molar-refractivity contribution is -0.157. The van der Waals surface area contributed by atoms with E-state index in [9.17, 15) is 72.1 Å². The van der Waals surface area contributed by atoms with Gasteiger partial charge in [0.15, 0.2) is 0 Å². The molecule has 16 atom stereocenters. The van der Waals surface area contributed by atoms with Crippen molar-refractivity contribution in [1.29, 1.82) is 0 Å². The molecule has 0 unspecified atom stereocenters. The highest BCUT2D eigenvalue weighted by molar-refractivity contribution is 5.99. The van der Waals surface area contributed by atoms with Gasteiger partial charge in [0.2, 0.25) is 65.0 Å². The number of esters is 1. The fraction of sp³-hybridized carbons (Fsp3) is 0.607. The minimum Gasteiger partial charge on any atom is -0.458 e. The summed E-state index contributed by atoms with van der Waals surface area (Å²) in [4.78, 5) is 166. The third kappa shape index (κ3) is 23.1. The number of likely N-dealkylation sites (N-methyl/N-ethyl adjacent to an activating group) is 1. The summed E-state index contributed by atoms with van der Waals surface area (Å²) in [7, 11) is 1.59. The molecule has 2 aromatic carbocycles. The van der Waals surface area contributed by atoms with Crippen molar-refractivity contribution in [3.63, 3.8) is 0 Å². The van der Waals surface area contributed by atoms with Crippen LogP contribution in [-0.2, 0) is 75.1 Å². The molecule has 0 aliphatic carbocycles. The van der Waals surface area contributed by atoms with E-state index in [4.69, 9.17) is 10.5 Å². The maximum atomic E-state index is 14.4. The number of aliphatic hydroxyl groups is 2. The Morgan fingerprint density at radius 2 is 1.04 bits per heavy atom. The van der Waals surface area contributed by atoms with Gasteiger partial charge >= 0.3 is 5.97 Å². The highest BCUT2D eigenvalue weighted by Crippen LogP contribution is 2.18. The van der Waals surface area contributed by atoms with Crippen LogP contribution >= 0.6 is 0 Å². The summed E-state index contributed by atoms with van der Waals surface area (Å²) < 4.78 is 19.5. The molecule has 3 rings (SSSR count). The van der Waals surface area contributed by atoms with Crippen LogP contribution in [0.4, 0.5) is 4.39 Å². The minimum atomic E-state index is -1.84. The molecule has 2 aromatic rings. The van der Waals surface area contributed by atoms with Crippen molar-refractivity contribution in [2.45, 2.75) is 193 Å². The van der Waals surface area contributed by atoms with Crippen LogP contribution in [0.25, 0.3) is 0 Å². The van der Waals surface area contributed by atoms with Crippen LogP contribution in [0.2, 0.25) is 0 Å². The molecule has 11 amide bonds. The first-order valence-corrected chi connectivity index (χ1v) is 30.3. The van der Waals surface area contributed by atoms with E-state index in [1.54, 1.807) is 62.4 Å². The number of cyclic esters (lactones) is 1. The number of carbonyl (C=O) groups excluding carboxylic acids is 12. The Bertz CT molecular complexity index is 2740. The minimum absolute atomic E-state index is 0.139. The topological polar surface area (TPSA) is 413 Å². The van der Waals surface area contributed by atoms with Gasteiger partial charge in [0.1, 0.15) is 72.3 Å². The van der Waals surface area contributed by atoms with E-state index in [1.165, 1.54) is 38.1 Å². The fourth-order valence-electron chi connectivity index (χ4n) is 9.40. The molecule has 89 heavy (non-hydrogen) atoms. The third-order valence-electron chi connectivity index (χ3n) is 16.1. The Morgan fingerprint density at radius 3 is 1.53 bits per heavy atom. The zero-order valence-electron chi connectivity index (χ0n) is 52.7. The van der Waals surface area contributed by atoms with Crippen LogP contribution < -0.4 is 64.2 Å². The van der Waals surface area contributed by atoms with Crippen molar-refractivity contribution < 1.29 is 76.9 Å². The van der Waals surface area contributed by atoms with Crippen LogP contribution in [0.5, 0.6) is 0 Å². The number of rotatable bonds is 32. The van der Waals surface area contributed by atoms with Crippen molar-refractivity contribution in [2.24, 2.45) is 29.4 Å². The molecule has 0 radical (unpaired) electrons. The second kappa shape index (κ2) is 37.0. The second-order valence-corrected chi connectivity index (χ2v) is 22.8. The monoisotopic (exact) mass is 1250 g/mol. The number of primary amides is 1. The summed E-state index contributed by atoms with van der Waals surface area (Å²) >= 11 is 0. The van der Waals surface area contributed by atoms with E-state index < -0.39 is 199 Å². The number of hydrogen-bond acceptors (Lipinski definition) is 16. The van der Waals surface area contributed by atoms with Gasteiger partial charge in [-0.15, -0.1) is 0 Å². The lowest BCUT2D eigenvalue weighted by Gasteiger charge is -2.31. The van der Waals surface area contributed by atoms with Crippen molar-refractivity contribution >= 4 is 70.9 Å². The first-order valence-electron chi connectivity index (χ1n) is 30.3. The van der Waals surface area contributed by atoms with Crippen LogP contribution in [0.3, 0.4) is 0 Å². The molecule has 1 aliphatic rings. The Balaban J connectivity index is 1.86. The van der Waals surface area contributed by atoms with E-state index in [0.717, 1.165) is 5.56 Å². The van der Waals surface area contributed by atoms with Gasteiger partial charge in [0.05, 0.1) is 19.3 Å². The lowest BCUT2D eigenvalue weighted by Crippen LogP contribution is -2.63. The van der Waals surface area contributed by atoms with Crippen LogP contribution in [0, 0.1) is 29.5 Å². The Hall–Kier alpha value is -8.11. The first-order chi connectivity index (χ1) is 42.1. The van der Waals surface area contributed by atoms with Crippen molar-refractivity contribution in [3.8, 4) is 0 Å². The van der Waals surface area contributed by atoms with E-state index in [1.807, 2.05) is 30.3 Å². The summed E-state index contributed by atoms with van der Waals surface area (Å²) in [5.41, 5.74) is 6.76. The number of amides is 11. The van der Waals surface area contributed by atoms with Gasteiger partial charge < -0.3 is 79.2 Å². The molecule has 1 aliphatic heterocycles. The fourth-order valence-corrected chi connectivity index (χ4v) is 9.40. The lowest BCUT2D eigenvalue weighted by atomic mass is 9.94. The number of nitrogens with one attached hydrogen (secondary N) is 11. The molecule has 1 fully saturated rings. The van der Waals surface area contributed by atoms with Gasteiger partial charge in [-0.2, -0.15) is 0 Å². The van der Waals surface area contributed by atoms with Gasteiger partial charge in [0, 0.05) is 12.8 Å². The highest BCUT2D eigenvalue weighted by Gasteiger charge is 2.41. The van der Waals surface area contributed by atoms with Crippen molar-refractivity contribution in [3.05, 3.63) is 71.5 Å². The smallest absolute Gasteiger partial charge is 0.329 e. The standard InChI is InChI=1S/C61H93FN12O15/c1-12-31(5)46(71-53(80)41(64-11)27-37-19-17-16-18-20-37)57(84)68-43(29-75)55(82)66-40(25-26-45(63)77)52(79)70-48(33(7)14-3)59(86)72-47(32(6)13-2)58(85)69-44(30-76)56(83)74-50-36(10)89-61(88)49(34(8)15-4)73-54(81)42(28-38-21-23-39(62)24-22-38)67-51(78)35(9)65-60(50)87/h16-24,31-36,40-44,46-50,64,75-76H,12-15,25-30H2,1-11H3,(H2,63,77)(H,65,87)(H,66,82)(H,67,78)(H,68,84)(H,69,85)(H,70,79)(H,71,80)(H,72,86)(H,73,81)(H,74,83)/t31-,32-,33+,34-,35-,36-,40+,41+,42-,43-,44-,46-,47-,48+,49-,50+/m0/s1. The van der Waals surface area contributed by atoms with E-state index in [2.05, 4.69) is 58.5 Å². The van der Waals surface area contributed by atoms with Gasteiger partial charge in [-0.25, -0.2) is 9.18 Å². The number of carbonyl (C=O) groups is 12. The molecule has 0 spiro atoms. The van der Waals surface area contributed by atoms with Gasteiger partial charge in [0.25, 0.3) is 0 Å². The van der Waals surface area contributed by atoms with Crippen molar-refractivity contribution in [2.75, 3.05) is 20.3 Å². The normalized spacial score (nSPS) is 21.0. The van der Waals surface area contributed by atoms with Crippen molar-refractivity contribution in [1.82, 2.24) is 58.5 Å². The molecule has 0 bridgehead atoms. The Labute approximate surface area is 519 Å². The zero-order valence-corrected chi connectivity index (χ0v) is 52.7. The summed E-state index contributed by atoms with van der Waals surface area (Å²) in [5, 5.41) is 49.2. The van der Waals surface area contributed by atoms with Crippen LogP contribution in [0.1, 0.15) is 119 Å². The molecule has 0 saturated carbocycles. The number of benzene rings is 2. The number of hydrogen-bond donors (Lipinski definition) is 14. The first kappa shape index (κ1) is 75.1. The molecular weight excluding hydrogens is 1160 g/mol. The second-order valence-electron chi connectivity index (χ2n) is 22.8. The van der Waals surface area contributed by atoms with E-state index >= 15 is 0 Å². The number of halogens is 1. The van der Waals surface area contributed by atoms with Gasteiger partial charge in [-0.1, -0.05) is 124 Å². The average Bonchev–Trinajstić information content (AvgIpc) is 3.87. The molecule has 0 aromatic heterocycles. The molecule has 27 nitrogen and oxygen atoms in total. The van der Waals surface area contributed by atoms with Gasteiger partial charge in [-0.05, 0) is 80.7 Å². The predicted molar refractivity (Wildman–Crippen MR) is 324 cm³/mol. The molecule has 1 saturated heterocycles. The predicted octanol–water partition coefficient (Wildman–Crippen LogP) is -1.55. The highest BCUT2D eigenvalue weighted by atomic mass is 19.1. The number of ether oxygens (including phenoxy) is 1.